The third kappa shape index (κ3) is 0.743. The molecule has 0 aromatic rings. The first kappa shape index (κ1) is 9.58. The highest BCUT2D eigenvalue weighted by Crippen LogP contribution is 2.85. The van der Waals surface area contributed by atoms with Crippen LogP contribution in [-0.2, 0) is 0 Å². The summed E-state index contributed by atoms with van der Waals surface area (Å²) in [6.07, 6.45) is 4.80. The molecule has 6 aliphatic carbocycles. The summed E-state index contributed by atoms with van der Waals surface area (Å²) in [5, 5.41) is 0. The molecule has 0 aliphatic heterocycles. The fourth-order valence-electron chi connectivity index (χ4n) is 8.33. The van der Waals surface area contributed by atoms with Gasteiger partial charge in [-0.15, -0.1) is 0 Å². The van der Waals surface area contributed by atoms with Gasteiger partial charge in [-0.3, -0.25) is 0 Å². The zero-order valence-electron chi connectivity index (χ0n) is 9.65. The maximum Gasteiger partial charge on any atom is 0.0602 e. The molecule has 6 saturated carbocycles. The van der Waals surface area contributed by atoms with E-state index in [1.54, 1.807) is 19.3 Å². The molecule has 6 aliphatic rings. The second-order valence-corrected chi connectivity index (χ2v) is 10.2. The van der Waals surface area contributed by atoms with Crippen molar-refractivity contribution in [3.63, 3.8) is 0 Å². The molecule has 90 valence electrons. The molecule has 0 amide bonds. The molecule has 0 spiro atoms. The summed E-state index contributed by atoms with van der Waals surface area (Å²) >= 11 is 7.54. The van der Waals surface area contributed by atoms with Gasteiger partial charge in [-0.25, -0.2) is 0 Å². The van der Waals surface area contributed by atoms with Gasteiger partial charge in [-0.2, -0.15) is 0 Å². The van der Waals surface area contributed by atoms with Gasteiger partial charge in [0.05, 0.1) is 3.39 Å². The summed E-state index contributed by atoms with van der Waals surface area (Å²) in [7, 11) is 0. The van der Waals surface area contributed by atoms with Gasteiger partial charge in [-0.1, -0.05) is 0 Å². The first-order valence-corrected chi connectivity index (χ1v) is 8.92. The highest BCUT2D eigenvalue weighted by Gasteiger charge is 2.80. The van der Waals surface area contributed by atoms with E-state index < -0.39 is 0 Å². The van der Waals surface area contributed by atoms with Crippen molar-refractivity contribution in [2.45, 2.75) is 19.3 Å². The third-order valence-electron chi connectivity index (χ3n) is 7.93. The number of halogens is 2. The lowest BCUT2D eigenvalue weighted by molar-refractivity contribution is 0.203. The molecular weight excluding hydrogens is 340 g/mol. The molecule has 0 N–H and O–H groups in total. The molecule has 0 aromatic carbocycles. The van der Waals surface area contributed by atoms with E-state index in [0.29, 0.717) is 0 Å². The van der Waals surface area contributed by atoms with Crippen molar-refractivity contribution < 1.29 is 0 Å². The normalized spacial score (nSPS) is 71.3. The van der Waals surface area contributed by atoms with Gasteiger partial charge in [0.1, 0.15) is 0 Å². The summed E-state index contributed by atoms with van der Waals surface area (Å²) in [6.45, 7) is 0. The lowest BCUT2D eigenvalue weighted by Crippen LogP contribution is -2.23. The molecule has 0 aromatic heterocycles. The van der Waals surface area contributed by atoms with Crippen LogP contribution in [0.1, 0.15) is 19.3 Å². The Bertz CT molecular complexity index is 475. The summed E-state index contributed by atoms with van der Waals surface area (Å²) in [4.78, 5) is 0. The Labute approximate surface area is 119 Å². The molecule has 6 fully saturated rings. The Hall–Kier alpha value is 0.700. The standard InChI is InChI=1S/C15H16Br2/c16-15(17)14-11-7-3-6-4-1-2-5-8(4)12(10(6)11)13(14)9(5)7/h4-13H,1-3H2. The Morgan fingerprint density at radius 1 is 0.765 bits per heavy atom. The van der Waals surface area contributed by atoms with Crippen molar-refractivity contribution in [3.8, 4) is 0 Å². The fraction of sp³-hybridized carbons (Fsp3) is 0.867. The van der Waals surface area contributed by atoms with E-state index in [1.807, 2.05) is 5.57 Å². The smallest absolute Gasteiger partial charge is 0.0496 e. The average molecular weight is 356 g/mol. The molecule has 0 nitrogen and oxygen atoms in total. The minimum absolute atomic E-state index is 1.00. The number of hydrogen-bond acceptors (Lipinski definition) is 0. The van der Waals surface area contributed by atoms with Gasteiger partial charge >= 0.3 is 0 Å². The summed E-state index contributed by atoms with van der Waals surface area (Å²) in [6, 6.07) is 0. The SMILES string of the molecule is BrC(Br)=C1C2C3CC4C5CCC6C3C1C(C56)C42. The fourth-order valence-corrected chi connectivity index (χ4v) is 9.38. The average Bonchev–Trinajstić information content (AvgIpc) is 2.88. The van der Waals surface area contributed by atoms with Crippen LogP contribution >= 0.6 is 31.9 Å². The molecule has 2 bridgehead atoms. The summed E-state index contributed by atoms with van der Waals surface area (Å²) in [5.74, 6) is 11.1. The second-order valence-electron chi connectivity index (χ2n) is 7.55. The van der Waals surface area contributed by atoms with Gasteiger partial charge in [0.2, 0.25) is 0 Å². The van der Waals surface area contributed by atoms with Crippen molar-refractivity contribution in [3.05, 3.63) is 8.96 Å². The van der Waals surface area contributed by atoms with Crippen LogP contribution in [0.5, 0.6) is 0 Å². The summed E-state index contributed by atoms with van der Waals surface area (Å²) < 4.78 is 1.35. The van der Waals surface area contributed by atoms with Crippen LogP contribution in [0.3, 0.4) is 0 Å². The van der Waals surface area contributed by atoms with E-state index in [2.05, 4.69) is 31.9 Å². The van der Waals surface area contributed by atoms with Crippen molar-refractivity contribution >= 4 is 31.9 Å². The number of rotatable bonds is 0. The summed E-state index contributed by atoms with van der Waals surface area (Å²) in [5.41, 5.74) is 1.84. The van der Waals surface area contributed by atoms with Crippen molar-refractivity contribution in [2.24, 2.45) is 59.2 Å². The monoisotopic (exact) mass is 354 g/mol. The molecule has 0 saturated heterocycles. The van der Waals surface area contributed by atoms with Gasteiger partial charge < -0.3 is 0 Å². The Kier molecular flexibility index (Phi) is 1.47. The first-order chi connectivity index (χ1) is 8.29. The second kappa shape index (κ2) is 2.61. The van der Waals surface area contributed by atoms with Crippen molar-refractivity contribution in [1.29, 1.82) is 0 Å². The van der Waals surface area contributed by atoms with E-state index in [0.717, 1.165) is 47.3 Å². The van der Waals surface area contributed by atoms with E-state index in [1.165, 1.54) is 15.2 Å². The topological polar surface area (TPSA) is 0 Å². The van der Waals surface area contributed by atoms with Crippen LogP contribution in [-0.4, -0.2) is 0 Å². The van der Waals surface area contributed by atoms with Crippen LogP contribution in [0.4, 0.5) is 0 Å². The maximum atomic E-state index is 3.77. The number of hydrogen-bond donors (Lipinski definition) is 0. The molecule has 0 heterocycles. The molecule has 0 radical (unpaired) electrons. The lowest BCUT2D eigenvalue weighted by atomic mass is 9.78. The molecule has 17 heavy (non-hydrogen) atoms. The van der Waals surface area contributed by atoms with E-state index in [9.17, 15) is 0 Å². The van der Waals surface area contributed by atoms with E-state index in [-0.39, 0.29) is 0 Å². The first-order valence-electron chi connectivity index (χ1n) is 7.34. The van der Waals surface area contributed by atoms with Crippen molar-refractivity contribution in [2.75, 3.05) is 0 Å². The van der Waals surface area contributed by atoms with Crippen LogP contribution in [0.2, 0.25) is 0 Å². The quantitative estimate of drug-likeness (QED) is 0.604. The third-order valence-corrected chi connectivity index (χ3v) is 8.85. The highest BCUT2D eigenvalue weighted by atomic mass is 79.9. The molecule has 6 rings (SSSR count). The predicted molar refractivity (Wildman–Crippen MR) is 73.6 cm³/mol. The van der Waals surface area contributed by atoms with Gasteiger partial charge in [0, 0.05) is 0 Å². The zero-order chi connectivity index (χ0) is 11.0. The number of fused-ring (bicyclic) bond motifs is 3. The minimum Gasteiger partial charge on any atom is -0.0496 e. The Morgan fingerprint density at radius 2 is 1.59 bits per heavy atom. The van der Waals surface area contributed by atoms with Gasteiger partial charge in [0.15, 0.2) is 0 Å². The lowest BCUT2D eigenvalue weighted by Gasteiger charge is -2.26. The molecule has 10 atom stereocenters. The predicted octanol–water partition coefficient (Wildman–Crippen LogP) is 4.40. The highest BCUT2D eigenvalue weighted by molar-refractivity contribution is 9.28. The van der Waals surface area contributed by atoms with E-state index >= 15 is 0 Å². The zero-order valence-corrected chi connectivity index (χ0v) is 12.8. The van der Waals surface area contributed by atoms with Crippen LogP contribution in [0.25, 0.3) is 0 Å². The molecule has 10 unspecified atom stereocenters. The van der Waals surface area contributed by atoms with Crippen LogP contribution in [0.15, 0.2) is 8.96 Å². The van der Waals surface area contributed by atoms with Gasteiger partial charge in [-0.05, 0) is 116 Å². The van der Waals surface area contributed by atoms with E-state index in [4.69, 9.17) is 0 Å². The maximum absolute atomic E-state index is 3.77. The van der Waals surface area contributed by atoms with Crippen LogP contribution < -0.4 is 0 Å². The minimum atomic E-state index is 1.00. The van der Waals surface area contributed by atoms with Crippen LogP contribution in [0, 0.1) is 59.2 Å². The molecular formula is C15H16Br2. The van der Waals surface area contributed by atoms with Gasteiger partial charge in [0.25, 0.3) is 0 Å². The van der Waals surface area contributed by atoms with Crippen molar-refractivity contribution in [1.82, 2.24) is 0 Å². The largest absolute Gasteiger partial charge is 0.0602 e. The molecule has 2 heteroatoms. The Balaban J connectivity index is 1.69. The number of allylic oxidation sites excluding steroid dienone is 1. The Morgan fingerprint density at radius 3 is 2.41 bits per heavy atom.